The summed E-state index contributed by atoms with van der Waals surface area (Å²) in [5, 5.41) is 0.699. The van der Waals surface area contributed by atoms with Gasteiger partial charge in [0.1, 0.15) is 0 Å². The molecule has 5 heteroatoms. The van der Waals surface area contributed by atoms with Crippen LogP contribution in [0.4, 0.5) is 0 Å². The zero-order chi connectivity index (χ0) is 18.4. The summed E-state index contributed by atoms with van der Waals surface area (Å²) in [7, 11) is 0. The summed E-state index contributed by atoms with van der Waals surface area (Å²) < 4.78 is 1.62. The molecule has 132 valence electrons. The summed E-state index contributed by atoms with van der Waals surface area (Å²) in [5.41, 5.74) is 1.01. The van der Waals surface area contributed by atoms with Crippen molar-refractivity contribution < 1.29 is 0 Å². The van der Waals surface area contributed by atoms with Gasteiger partial charge in [-0.1, -0.05) is 79.4 Å². The summed E-state index contributed by atoms with van der Waals surface area (Å²) >= 11 is 1.45. The zero-order valence-electron chi connectivity index (χ0n) is 14.5. The number of benzene rings is 2. The minimum atomic E-state index is -0.386. The Labute approximate surface area is 156 Å². The van der Waals surface area contributed by atoms with Gasteiger partial charge in [-0.3, -0.25) is 14.3 Å². The monoisotopic (exact) mass is 364 g/mol. The van der Waals surface area contributed by atoms with Crippen LogP contribution in [-0.2, 0) is 13.0 Å². The lowest BCUT2D eigenvalue weighted by Gasteiger charge is -2.13. The maximum atomic E-state index is 12.4. The Bertz CT molecular complexity index is 1010. The van der Waals surface area contributed by atoms with Gasteiger partial charge in [-0.05, 0) is 24.1 Å². The van der Waals surface area contributed by atoms with Crippen molar-refractivity contribution in [3.63, 3.8) is 0 Å². The molecule has 3 rings (SSSR count). The van der Waals surface area contributed by atoms with E-state index in [-0.39, 0.29) is 11.2 Å². The van der Waals surface area contributed by atoms with E-state index in [1.807, 2.05) is 79.7 Å². The number of allylic oxidation sites excluding steroid dienone is 1. The van der Waals surface area contributed by atoms with Crippen LogP contribution in [0.25, 0.3) is 6.08 Å². The van der Waals surface area contributed by atoms with Gasteiger partial charge < -0.3 is 0 Å². The molecule has 26 heavy (non-hydrogen) atoms. The van der Waals surface area contributed by atoms with Gasteiger partial charge in [0.05, 0.1) is 5.03 Å². The number of nitrogens with zero attached hydrogens (tertiary/aromatic N) is 1. The number of rotatable bonds is 6. The summed E-state index contributed by atoms with van der Waals surface area (Å²) in [6.07, 6.45) is 4.47. The van der Waals surface area contributed by atoms with Gasteiger partial charge in [-0.25, -0.2) is 4.79 Å². The second kappa shape index (κ2) is 8.54. The van der Waals surface area contributed by atoms with E-state index in [9.17, 15) is 9.59 Å². The van der Waals surface area contributed by atoms with E-state index in [1.54, 1.807) is 4.57 Å². The first-order chi connectivity index (χ1) is 12.7. The molecule has 0 saturated heterocycles. The average Bonchev–Trinajstić information content (AvgIpc) is 2.66. The van der Waals surface area contributed by atoms with Gasteiger partial charge >= 0.3 is 5.69 Å². The van der Waals surface area contributed by atoms with Gasteiger partial charge in [0.25, 0.3) is 5.56 Å². The third-order valence-electron chi connectivity index (χ3n) is 3.95. The molecule has 1 N–H and O–H groups in total. The summed E-state index contributed by atoms with van der Waals surface area (Å²) in [6, 6.07) is 19.7. The Kier molecular flexibility index (Phi) is 5.92. The van der Waals surface area contributed by atoms with Crippen molar-refractivity contribution in [2.75, 3.05) is 0 Å². The zero-order valence-corrected chi connectivity index (χ0v) is 15.3. The molecule has 1 aromatic heterocycles. The molecule has 0 unspecified atom stereocenters. The number of hydrogen-bond donors (Lipinski definition) is 1. The maximum absolute atomic E-state index is 12.4. The minimum Gasteiger partial charge on any atom is -0.284 e. The van der Waals surface area contributed by atoms with E-state index < -0.39 is 0 Å². The lowest BCUT2D eigenvalue weighted by atomic mass is 10.2. The van der Waals surface area contributed by atoms with E-state index in [4.69, 9.17) is 0 Å². The lowest BCUT2D eigenvalue weighted by Crippen LogP contribution is -2.33. The average molecular weight is 364 g/mol. The fourth-order valence-electron chi connectivity index (χ4n) is 2.65. The number of nitrogens with one attached hydrogen (secondary N) is 1. The van der Waals surface area contributed by atoms with Crippen molar-refractivity contribution in [1.29, 1.82) is 0 Å². The molecule has 1 heterocycles. The van der Waals surface area contributed by atoms with E-state index >= 15 is 0 Å². The molecule has 0 saturated carbocycles. The van der Waals surface area contributed by atoms with Gasteiger partial charge in [-0.2, -0.15) is 0 Å². The first-order valence-electron chi connectivity index (χ1n) is 8.49. The Morgan fingerprint density at radius 3 is 2.31 bits per heavy atom. The van der Waals surface area contributed by atoms with Crippen molar-refractivity contribution >= 4 is 17.8 Å². The third-order valence-corrected chi connectivity index (χ3v) is 5.12. The predicted molar refractivity (Wildman–Crippen MR) is 107 cm³/mol. The Balaban J connectivity index is 1.99. The Morgan fingerprint density at radius 1 is 1.00 bits per heavy atom. The molecule has 0 aliphatic heterocycles. The van der Waals surface area contributed by atoms with Gasteiger partial charge in [-0.15, -0.1) is 0 Å². The van der Waals surface area contributed by atoms with Crippen LogP contribution in [0, 0.1) is 0 Å². The maximum Gasteiger partial charge on any atom is 0.329 e. The first kappa shape index (κ1) is 18.0. The Hall–Kier alpha value is -2.79. The number of H-pyrrole nitrogens is 1. The van der Waals surface area contributed by atoms with Crippen LogP contribution in [-0.4, -0.2) is 9.55 Å². The quantitative estimate of drug-likeness (QED) is 0.674. The highest BCUT2D eigenvalue weighted by molar-refractivity contribution is 7.99. The summed E-state index contributed by atoms with van der Waals surface area (Å²) in [6.45, 7) is 2.32. The molecule has 0 fully saturated rings. The molecule has 0 radical (unpaired) electrons. The van der Waals surface area contributed by atoms with Crippen LogP contribution < -0.4 is 11.2 Å². The van der Waals surface area contributed by atoms with Crippen molar-refractivity contribution in [2.45, 2.75) is 29.8 Å². The minimum absolute atomic E-state index is 0.306. The van der Waals surface area contributed by atoms with Gasteiger partial charge in [0.2, 0.25) is 0 Å². The number of aromatic amines is 1. The molecule has 2 aromatic carbocycles. The fourth-order valence-corrected chi connectivity index (χ4v) is 3.79. The van der Waals surface area contributed by atoms with Crippen LogP contribution in [0.5, 0.6) is 0 Å². The smallest absolute Gasteiger partial charge is 0.284 e. The summed E-state index contributed by atoms with van der Waals surface area (Å²) in [5.74, 6) is 0. The van der Waals surface area contributed by atoms with Crippen LogP contribution >= 0.6 is 11.8 Å². The van der Waals surface area contributed by atoms with E-state index in [2.05, 4.69) is 4.98 Å². The van der Waals surface area contributed by atoms with E-state index in [0.717, 1.165) is 10.5 Å². The highest BCUT2D eigenvalue weighted by Gasteiger charge is 2.14. The van der Waals surface area contributed by atoms with E-state index in [1.165, 1.54) is 11.8 Å². The van der Waals surface area contributed by atoms with Crippen molar-refractivity contribution in [3.05, 3.63) is 98.7 Å². The number of aromatic nitrogens is 2. The lowest BCUT2D eigenvalue weighted by molar-refractivity contribution is 0.646. The molecule has 0 aliphatic carbocycles. The molecular weight excluding hydrogens is 344 g/mol. The third kappa shape index (κ3) is 4.24. The SMILES string of the molecule is CCc1c(Sc2ccccc2)n(C/C=C/c2ccccc2)c(=O)[nH]c1=O. The highest BCUT2D eigenvalue weighted by Crippen LogP contribution is 2.28. The fraction of sp³-hybridized carbons (Fsp3) is 0.143. The normalized spacial score (nSPS) is 11.1. The van der Waals surface area contributed by atoms with Crippen LogP contribution in [0.1, 0.15) is 18.1 Å². The molecule has 0 atom stereocenters. The predicted octanol–water partition coefficient (Wildman–Crippen LogP) is 3.96. The second-order valence-electron chi connectivity index (χ2n) is 5.74. The topological polar surface area (TPSA) is 54.9 Å². The number of hydrogen-bond acceptors (Lipinski definition) is 3. The standard InChI is InChI=1S/C21H20N2O2S/c1-2-18-19(24)22-21(25)23(15-9-12-16-10-5-3-6-11-16)20(18)26-17-13-7-4-8-14-17/h3-14H,2,15H2,1H3,(H,22,24,25)/b12-9+. The Morgan fingerprint density at radius 2 is 1.65 bits per heavy atom. The summed E-state index contributed by atoms with van der Waals surface area (Å²) in [4.78, 5) is 28.1. The van der Waals surface area contributed by atoms with Gasteiger partial charge in [0.15, 0.2) is 0 Å². The largest absolute Gasteiger partial charge is 0.329 e. The molecule has 3 aromatic rings. The van der Waals surface area contributed by atoms with Crippen LogP contribution in [0.3, 0.4) is 0 Å². The second-order valence-corrected chi connectivity index (χ2v) is 6.80. The van der Waals surface area contributed by atoms with Crippen LogP contribution in [0.15, 0.2) is 86.3 Å². The molecule has 0 spiro atoms. The molecule has 0 aliphatic rings. The molecule has 0 bridgehead atoms. The first-order valence-corrected chi connectivity index (χ1v) is 9.31. The van der Waals surface area contributed by atoms with Gasteiger partial charge in [0, 0.05) is 17.0 Å². The van der Waals surface area contributed by atoms with Crippen molar-refractivity contribution in [3.8, 4) is 0 Å². The molecular formula is C21H20N2O2S. The van der Waals surface area contributed by atoms with Crippen LogP contribution in [0.2, 0.25) is 0 Å². The highest BCUT2D eigenvalue weighted by atomic mass is 32.2. The molecule has 0 amide bonds. The molecule has 4 nitrogen and oxygen atoms in total. The van der Waals surface area contributed by atoms with Crippen molar-refractivity contribution in [2.24, 2.45) is 0 Å². The van der Waals surface area contributed by atoms with Crippen molar-refractivity contribution in [1.82, 2.24) is 9.55 Å². The van der Waals surface area contributed by atoms with E-state index in [0.29, 0.717) is 23.6 Å².